The second kappa shape index (κ2) is 8.03. The van der Waals surface area contributed by atoms with Gasteiger partial charge in [0.15, 0.2) is 5.78 Å². The Morgan fingerprint density at radius 2 is 1.63 bits per heavy atom. The van der Waals surface area contributed by atoms with Crippen molar-refractivity contribution < 1.29 is 9.59 Å². The van der Waals surface area contributed by atoms with Crippen LogP contribution in [0, 0.1) is 5.92 Å². The predicted octanol–water partition coefficient (Wildman–Crippen LogP) is 3.97. The number of aromatic nitrogens is 1. The largest absolute Gasteiger partial charge is 0.339 e. The number of likely N-dealkylation sites (N-methyl/N-ethyl adjacent to an activating group) is 1. The summed E-state index contributed by atoms with van der Waals surface area (Å²) in [5, 5.41) is 0. The van der Waals surface area contributed by atoms with Gasteiger partial charge in [0.25, 0.3) is 5.91 Å². The van der Waals surface area contributed by atoms with Crippen molar-refractivity contribution >= 4 is 11.7 Å². The molecule has 1 spiro atoms. The van der Waals surface area contributed by atoms with Gasteiger partial charge in [0.05, 0.1) is 11.2 Å². The first kappa shape index (κ1) is 20.9. The van der Waals surface area contributed by atoms with Crippen LogP contribution in [0.3, 0.4) is 0 Å². The fourth-order valence-corrected chi connectivity index (χ4v) is 5.24. The second-order valence-electron chi connectivity index (χ2n) is 9.35. The zero-order valence-electron chi connectivity index (χ0n) is 18.6. The summed E-state index contributed by atoms with van der Waals surface area (Å²) in [5.41, 5.74) is 4.00. The molecule has 0 radical (unpaired) electrons. The highest BCUT2D eigenvalue weighted by Gasteiger charge is 2.45. The quantitative estimate of drug-likeness (QED) is 0.721. The molecule has 1 aromatic heterocycles. The lowest BCUT2D eigenvalue weighted by atomic mass is 9.81. The third-order valence-corrected chi connectivity index (χ3v) is 6.93. The monoisotopic (exact) mass is 407 g/mol. The van der Waals surface area contributed by atoms with Crippen LogP contribution in [-0.4, -0.2) is 52.7 Å². The van der Waals surface area contributed by atoms with Gasteiger partial charge in [-0.05, 0) is 62.1 Å². The highest BCUT2D eigenvalue weighted by Crippen LogP contribution is 2.41. The van der Waals surface area contributed by atoms with Crippen LogP contribution in [0.15, 0.2) is 36.4 Å². The molecule has 1 saturated heterocycles. The van der Waals surface area contributed by atoms with Gasteiger partial charge in [-0.1, -0.05) is 26.0 Å². The molecule has 0 N–H and O–H groups in total. The SMILES string of the molecule is CC(=O)c1ccc2n1CCN(C)C21CCN(C(=O)c2ccc(CC(C)C)cc2)CC1. The van der Waals surface area contributed by atoms with Crippen molar-refractivity contribution in [2.45, 2.75) is 52.1 Å². The molecular weight excluding hydrogens is 374 g/mol. The van der Waals surface area contributed by atoms with Crippen molar-refractivity contribution in [3.8, 4) is 0 Å². The van der Waals surface area contributed by atoms with Crippen molar-refractivity contribution in [1.29, 1.82) is 0 Å². The number of likely N-dealkylation sites (tertiary alicyclic amines) is 1. The van der Waals surface area contributed by atoms with Gasteiger partial charge in [-0.25, -0.2) is 0 Å². The summed E-state index contributed by atoms with van der Waals surface area (Å²) in [5.74, 6) is 0.855. The van der Waals surface area contributed by atoms with Crippen molar-refractivity contribution in [3.05, 3.63) is 58.9 Å². The lowest BCUT2D eigenvalue weighted by Gasteiger charge is -2.50. The van der Waals surface area contributed by atoms with E-state index in [1.165, 1.54) is 11.3 Å². The number of fused-ring (bicyclic) bond motifs is 2. The Balaban J connectivity index is 1.50. The molecule has 0 unspecified atom stereocenters. The molecule has 0 aliphatic carbocycles. The van der Waals surface area contributed by atoms with Crippen molar-refractivity contribution in [2.75, 3.05) is 26.7 Å². The van der Waals surface area contributed by atoms with Crippen LogP contribution >= 0.6 is 0 Å². The number of Topliss-reactive ketones (excluding diaryl/α,β-unsaturated/α-hetero) is 1. The van der Waals surface area contributed by atoms with E-state index in [2.05, 4.69) is 48.6 Å². The molecular formula is C25H33N3O2. The number of hydrogen-bond acceptors (Lipinski definition) is 3. The molecule has 30 heavy (non-hydrogen) atoms. The molecule has 1 aromatic carbocycles. The number of carbonyl (C=O) groups excluding carboxylic acids is 2. The number of piperidine rings is 1. The first-order chi connectivity index (χ1) is 14.3. The Kier molecular flexibility index (Phi) is 5.58. The average molecular weight is 408 g/mol. The van der Waals surface area contributed by atoms with Crippen molar-refractivity contribution in [3.63, 3.8) is 0 Å². The van der Waals surface area contributed by atoms with Gasteiger partial charge in [-0.2, -0.15) is 0 Å². The van der Waals surface area contributed by atoms with E-state index in [-0.39, 0.29) is 17.2 Å². The Hall–Kier alpha value is -2.40. The second-order valence-corrected chi connectivity index (χ2v) is 9.35. The van der Waals surface area contributed by atoms with Crippen molar-refractivity contribution in [2.24, 2.45) is 5.92 Å². The number of nitrogens with zero attached hydrogens (tertiary/aromatic N) is 3. The highest BCUT2D eigenvalue weighted by atomic mass is 16.2. The predicted molar refractivity (Wildman–Crippen MR) is 119 cm³/mol. The van der Waals surface area contributed by atoms with Gasteiger partial charge in [0.1, 0.15) is 0 Å². The molecule has 4 rings (SSSR count). The summed E-state index contributed by atoms with van der Waals surface area (Å²) in [6.45, 7) is 9.30. The van der Waals surface area contributed by atoms with Gasteiger partial charge < -0.3 is 9.47 Å². The van der Waals surface area contributed by atoms with Gasteiger partial charge in [-0.3, -0.25) is 14.5 Å². The van der Waals surface area contributed by atoms with E-state index in [0.717, 1.165) is 56.7 Å². The van der Waals surface area contributed by atoms with E-state index in [1.807, 2.05) is 23.1 Å². The van der Waals surface area contributed by atoms with Gasteiger partial charge in [-0.15, -0.1) is 0 Å². The van der Waals surface area contributed by atoms with Crippen LogP contribution in [-0.2, 0) is 18.5 Å². The minimum Gasteiger partial charge on any atom is -0.339 e. The average Bonchev–Trinajstić information content (AvgIpc) is 3.17. The molecule has 5 nitrogen and oxygen atoms in total. The molecule has 1 amide bonds. The third kappa shape index (κ3) is 3.60. The number of benzene rings is 1. The summed E-state index contributed by atoms with van der Waals surface area (Å²) in [6.07, 6.45) is 2.82. The number of rotatable bonds is 4. The number of hydrogen-bond donors (Lipinski definition) is 0. The van der Waals surface area contributed by atoms with Crippen LogP contribution in [0.2, 0.25) is 0 Å². The number of ketones is 1. The lowest BCUT2D eigenvalue weighted by molar-refractivity contribution is 0.0128. The Bertz CT molecular complexity index is 934. The highest BCUT2D eigenvalue weighted by molar-refractivity contribution is 5.94. The lowest BCUT2D eigenvalue weighted by Crippen LogP contribution is -2.56. The fraction of sp³-hybridized carbons (Fsp3) is 0.520. The number of carbonyl (C=O) groups is 2. The zero-order valence-corrected chi connectivity index (χ0v) is 18.6. The van der Waals surface area contributed by atoms with Gasteiger partial charge in [0.2, 0.25) is 0 Å². The Morgan fingerprint density at radius 1 is 0.967 bits per heavy atom. The van der Waals surface area contributed by atoms with Crippen LogP contribution < -0.4 is 0 Å². The molecule has 160 valence electrons. The van der Waals surface area contributed by atoms with Gasteiger partial charge in [0, 0.05) is 44.4 Å². The van der Waals surface area contributed by atoms with E-state index in [0.29, 0.717) is 5.92 Å². The third-order valence-electron chi connectivity index (χ3n) is 6.93. The van der Waals surface area contributed by atoms with E-state index >= 15 is 0 Å². The topological polar surface area (TPSA) is 45.6 Å². The van der Waals surface area contributed by atoms with Crippen LogP contribution in [0.5, 0.6) is 0 Å². The maximum Gasteiger partial charge on any atom is 0.253 e. The molecule has 1 fully saturated rings. The summed E-state index contributed by atoms with van der Waals surface area (Å²) in [6, 6.07) is 12.2. The maximum absolute atomic E-state index is 13.1. The molecule has 2 aliphatic rings. The molecule has 2 aliphatic heterocycles. The minimum absolute atomic E-state index is 0.0934. The smallest absolute Gasteiger partial charge is 0.253 e. The first-order valence-electron chi connectivity index (χ1n) is 11.1. The van der Waals surface area contributed by atoms with E-state index in [9.17, 15) is 9.59 Å². The first-order valence-corrected chi connectivity index (χ1v) is 11.1. The fourth-order valence-electron chi connectivity index (χ4n) is 5.24. The van der Waals surface area contributed by atoms with E-state index in [1.54, 1.807) is 6.92 Å². The van der Waals surface area contributed by atoms with E-state index < -0.39 is 0 Å². The summed E-state index contributed by atoms with van der Waals surface area (Å²) in [4.78, 5) is 29.5. The minimum atomic E-state index is -0.0934. The number of amides is 1. The molecule has 2 aromatic rings. The molecule has 0 bridgehead atoms. The molecule has 5 heteroatoms. The summed E-state index contributed by atoms with van der Waals surface area (Å²) < 4.78 is 2.20. The molecule has 0 saturated carbocycles. The van der Waals surface area contributed by atoms with Crippen LogP contribution in [0.1, 0.15) is 65.7 Å². The van der Waals surface area contributed by atoms with Crippen LogP contribution in [0.25, 0.3) is 0 Å². The van der Waals surface area contributed by atoms with Crippen molar-refractivity contribution in [1.82, 2.24) is 14.4 Å². The van der Waals surface area contributed by atoms with Gasteiger partial charge >= 0.3 is 0 Å². The Labute approximate surface area is 179 Å². The Morgan fingerprint density at radius 3 is 2.23 bits per heavy atom. The molecule has 0 atom stereocenters. The normalized spacial score (nSPS) is 18.6. The standard InChI is InChI=1S/C25H33N3O2/c1-18(2)17-20-5-7-21(8-6-20)24(30)27-13-11-25(12-14-27)23-10-9-22(19(3)29)28(23)16-15-26(25)4/h5-10,18H,11-17H2,1-4H3. The molecule has 3 heterocycles. The summed E-state index contributed by atoms with van der Waals surface area (Å²) >= 11 is 0. The van der Waals surface area contributed by atoms with Crippen LogP contribution in [0.4, 0.5) is 0 Å². The maximum atomic E-state index is 13.1. The zero-order chi connectivity index (χ0) is 21.5. The van der Waals surface area contributed by atoms with E-state index in [4.69, 9.17) is 0 Å². The summed E-state index contributed by atoms with van der Waals surface area (Å²) in [7, 11) is 2.18.